The third kappa shape index (κ3) is 1.64. The SMILES string of the molecule is CCNc1cnsc1[N+](=O)[O-]. The number of rotatable bonds is 3. The van der Waals surface area contributed by atoms with Crippen LogP contribution in [0.2, 0.25) is 0 Å². The van der Waals surface area contributed by atoms with Crippen LogP contribution in [0.1, 0.15) is 6.92 Å². The molecule has 11 heavy (non-hydrogen) atoms. The maximum atomic E-state index is 10.3. The lowest BCUT2D eigenvalue weighted by Crippen LogP contribution is -1.97. The Bertz CT molecular complexity index is 260. The molecule has 0 saturated heterocycles. The van der Waals surface area contributed by atoms with Crippen LogP contribution in [-0.2, 0) is 0 Å². The fourth-order valence-electron chi connectivity index (χ4n) is 0.677. The van der Waals surface area contributed by atoms with Crippen LogP contribution in [-0.4, -0.2) is 15.8 Å². The summed E-state index contributed by atoms with van der Waals surface area (Å²) in [6, 6.07) is 0. The van der Waals surface area contributed by atoms with Crippen molar-refractivity contribution in [3.8, 4) is 0 Å². The van der Waals surface area contributed by atoms with Gasteiger partial charge in [0.05, 0.1) is 11.1 Å². The molecule has 0 atom stereocenters. The van der Waals surface area contributed by atoms with E-state index < -0.39 is 4.92 Å². The molecule has 0 unspecified atom stereocenters. The van der Waals surface area contributed by atoms with Gasteiger partial charge in [0.15, 0.2) is 0 Å². The highest BCUT2D eigenvalue weighted by Gasteiger charge is 2.15. The third-order valence-electron chi connectivity index (χ3n) is 1.08. The molecule has 0 spiro atoms. The van der Waals surface area contributed by atoms with Crippen molar-refractivity contribution in [3.05, 3.63) is 16.3 Å². The van der Waals surface area contributed by atoms with E-state index >= 15 is 0 Å². The molecule has 1 rings (SSSR count). The van der Waals surface area contributed by atoms with Crippen molar-refractivity contribution in [1.29, 1.82) is 0 Å². The fourth-order valence-corrected chi connectivity index (χ4v) is 1.22. The van der Waals surface area contributed by atoms with Crippen LogP contribution in [0.3, 0.4) is 0 Å². The van der Waals surface area contributed by atoms with E-state index in [2.05, 4.69) is 9.69 Å². The molecule has 0 saturated carbocycles. The maximum Gasteiger partial charge on any atom is 0.366 e. The maximum absolute atomic E-state index is 10.3. The van der Waals surface area contributed by atoms with E-state index in [-0.39, 0.29) is 5.00 Å². The van der Waals surface area contributed by atoms with Gasteiger partial charge < -0.3 is 5.32 Å². The van der Waals surface area contributed by atoms with Crippen molar-refractivity contribution in [3.63, 3.8) is 0 Å². The highest BCUT2D eigenvalue weighted by Crippen LogP contribution is 2.27. The monoisotopic (exact) mass is 173 g/mol. The Morgan fingerprint density at radius 1 is 1.91 bits per heavy atom. The van der Waals surface area contributed by atoms with Gasteiger partial charge in [-0.3, -0.25) is 10.1 Å². The number of nitrogens with zero attached hydrogens (tertiary/aromatic N) is 2. The largest absolute Gasteiger partial charge is 0.378 e. The van der Waals surface area contributed by atoms with Crippen LogP contribution in [0, 0.1) is 10.1 Å². The summed E-state index contributed by atoms with van der Waals surface area (Å²) in [7, 11) is 0. The number of nitro groups is 1. The number of anilines is 1. The van der Waals surface area contributed by atoms with E-state index in [9.17, 15) is 10.1 Å². The number of nitrogens with one attached hydrogen (secondary N) is 1. The van der Waals surface area contributed by atoms with Gasteiger partial charge in [0.25, 0.3) is 0 Å². The molecule has 0 fully saturated rings. The molecule has 0 radical (unpaired) electrons. The summed E-state index contributed by atoms with van der Waals surface area (Å²) in [6.07, 6.45) is 1.46. The third-order valence-corrected chi connectivity index (χ3v) is 1.84. The summed E-state index contributed by atoms with van der Waals surface area (Å²) in [5.41, 5.74) is 0.502. The summed E-state index contributed by atoms with van der Waals surface area (Å²) in [6.45, 7) is 2.54. The second-order valence-corrected chi connectivity index (χ2v) is 2.61. The number of hydrogen-bond acceptors (Lipinski definition) is 5. The Morgan fingerprint density at radius 3 is 3.18 bits per heavy atom. The molecule has 0 aromatic carbocycles. The minimum Gasteiger partial charge on any atom is -0.378 e. The molecule has 1 N–H and O–H groups in total. The number of hydrogen-bond donors (Lipinski definition) is 1. The highest BCUT2D eigenvalue weighted by atomic mass is 32.1. The summed E-state index contributed by atoms with van der Waals surface area (Å²) in [5.74, 6) is 0. The Kier molecular flexibility index (Phi) is 2.37. The second kappa shape index (κ2) is 3.29. The zero-order valence-corrected chi connectivity index (χ0v) is 6.72. The van der Waals surface area contributed by atoms with Gasteiger partial charge in [-0.15, -0.1) is 0 Å². The van der Waals surface area contributed by atoms with Gasteiger partial charge >= 0.3 is 5.00 Å². The molecular weight excluding hydrogens is 166 g/mol. The molecular formula is C5H7N3O2S. The van der Waals surface area contributed by atoms with Crippen molar-refractivity contribution in [1.82, 2.24) is 4.37 Å². The second-order valence-electron chi connectivity index (χ2n) is 1.83. The Hall–Kier alpha value is -1.17. The topological polar surface area (TPSA) is 68.1 Å². The van der Waals surface area contributed by atoms with Crippen molar-refractivity contribution >= 4 is 22.2 Å². The minimum absolute atomic E-state index is 0.0758. The Labute approximate surface area is 67.4 Å². The first-order chi connectivity index (χ1) is 5.25. The number of aromatic nitrogens is 1. The van der Waals surface area contributed by atoms with Crippen molar-refractivity contribution < 1.29 is 4.92 Å². The highest BCUT2D eigenvalue weighted by molar-refractivity contribution is 7.09. The molecule has 60 valence electrons. The van der Waals surface area contributed by atoms with Gasteiger partial charge in [0.2, 0.25) is 0 Å². The first-order valence-corrected chi connectivity index (χ1v) is 3.86. The zero-order chi connectivity index (χ0) is 8.27. The summed E-state index contributed by atoms with van der Waals surface area (Å²) < 4.78 is 3.70. The first kappa shape index (κ1) is 7.93. The molecule has 5 nitrogen and oxygen atoms in total. The Morgan fingerprint density at radius 2 is 2.64 bits per heavy atom. The van der Waals surface area contributed by atoms with Crippen LogP contribution in [0.5, 0.6) is 0 Å². The van der Waals surface area contributed by atoms with E-state index in [0.717, 1.165) is 11.5 Å². The van der Waals surface area contributed by atoms with Crippen LogP contribution in [0.25, 0.3) is 0 Å². The molecule has 1 aromatic heterocycles. The van der Waals surface area contributed by atoms with Crippen LogP contribution in [0.15, 0.2) is 6.20 Å². The smallest absolute Gasteiger partial charge is 0.366 e. The van der Waals surface area contributed by atoms with Crippen LogP contribution in [0.4, 0.5) is 10.7 Å². The lowest BCUT2D eigenvalue weighted by molar-refractivity contribution is -0.379. The normalized spacial score (nSPS) is 9.55. The molecule has 6 heteroatoms. The molecule has 1 heterocycles. The van der Waals surface area contributed by atoms with Gasteiger partial charge in [-0.05, 0) is 6.92 Å². The predicted octanol–water partition coefficient (Wildman–Crippen LogP) is 1.48. The minimum atomic E-state index is -0.435. The molecule has 0 bridgehead atoms. The lowest BCUT2D eigenvalue weighted by atomic mass is 10.5. The fraction of sp³-hybridized carbons (Fsp3) is 0.400. The van der Waals surface area contributed by atoms with E-state index in [4.69, 9.17) is 0 Å². The van der Waals surface area contributed by atoms with Gasteiger partial charge in [0.1, 0.15) is 5.69 Å². The standard InChI is InChI=1S/C5H7N3O2S/c1-2-6-4-3-7-11-5(4)8(9)10/h3,6H,2H2,1H3. The van der Waals surface area contributed by atoms with Crippen LogP contribution < -0.4 is 5.32 Å². The molecule has 1 aromatic rings. The van der Waals surface area contributed by atoms with E-state index in [0.29, 0.717) is 12.2 Å². The average Bonchev–Trinajstić information content (AvgIpc) is 2.36. The van der Waals surface area contributed by atoms with Gasteiger partial charge in [-0.1, -0.05) is 0 Å². The molecule has 0 aliphatic heterocycles. The predicted molar refractivity (Wildman–Crippen MR) is 42.9 cm³/mol. The van der Waals surface area contributed by atoms with E-state index in [1.165, 1.54) is 6.20 Å². The van der Waals surface area contributed by atoms with Crippen molar-refractivity contribution in [2.24, 2.45) is 0 Å². The average molecular weight is 173 g/mol. The van der Waals surface area contributed by atoms with Crippen LogP contribution >= 0.6 is 11.5 Å². The lowest BCUT2D eigenvalue weighted by Gasteiger charge is -1.95. The van der Waals surface area contributed by atoms with E-state index in [1.54, 1.807) is 0 Å². The molecule has 0 aliphatic rings. The summed E-state index contributed by atoms with van der Waals surface area (Å²) in [4.78, 5) is 9.86. The molecule has 0 amide bonds. The van der Waals surface area contributed by atoms with Gasteiger partial charge in [-0.2, -0.15) is 4.37 Å². The van der Waals surface area contributed by atoms with Gasteiger partial charge in [0, 0.05) is 18.1 Å². The first-order valence-electron chi connectivity index (χ1n) is 3.08. The van der Waals surface area contributed by atoms with Crippen molar-refractivity contribution in [2.45, 2.75) is 6.92 Å². The van der Waals surface area contributed by atoms with E-state index in [1.807, 2.05) is 6.92 Å². The summed E-state index contributed by atoms with van der Waals surface area (Å²) in [5, 5.41) is 13.2. The quantitative estimate of drug-likeness (QED) is 0.555. The van der Waals surface area contributed by atoms with Crippen molar-refractivity contribution in [2.75, 3.05) is 11.9 Å². The zero-order valence-electron chi connectivity index (χ0n) is 5.90. The molecule has 0 aliphatic carbocycles. The Balaban J connectivity index is 2.87. The van der Waals surface area contributed by atoms with Gasteiger partial charge in [-0.25, -0.2) is 0 Å². The summed E-state index contributed by atoms with van der Waals surface area (Å²) >= 11 is 0.886.